The maximum atomic E-state index is 13.7. The molecule has 1 N–H and O–H groups in total. The Balaban J connectivity index is 2.62. The minimum absolute atomic E-state index is 0.311. The van der Waals surface area contributed by atoms with Crippen LogP contribution < -0.4 is 0 Å². The first-order valence-corrected chi connectivity index (χ1v) is 5.07. The van der Waals surface area contributed by atoms with Gasteiger partial charge in [-0.15, -0.1) is 0 Å². The molecule has 0 radical (unpaired) electrons. The first kappa shape index (κ1) is 10.8. The molecule has 1 aromatic carbocycles. The molecular weight excluding hydrogens is 207 g/mol. The van der Waals surface area contributed by atoms with Crippen LogP contribution in [-0.2, 0) is 0 Å². The molecule has 1 heterocycles. The fourth-order valence-corrected chi connectivity index (χ4v) is 1.65. The van der Waals surface area contributed by atoms with Gasteiger partial charge in [0.15, 0.2) is 0 Å². The summed E-state index contributed by atoms with van der Waals surface area (Å²) in [6.07, 6.45) is 2.65. The van der Waals surface area contributed by atoms with E-state index in [0.29, 0.717) is 11.3 Å². The van der Waals surface area contributed by atoms with Crippen molar-refractivity contribution < 1.29 is 9.50 Å². The summed E-state index contributed by atoms with van der Waals surface area (Å²) in [7, 11) is 0. The Bertz CT molecular complexity index is 505. The van der Waals surface area contributed by atoms with Crippen LogP contribution >= 0.6 is 0 Å². The maximum Gasteiger partial charge on any atom is 0.149 e. The minimum Gasteiger partial charge on any atom is -0.389 e. The van der Waals surface area contributed by atoms with Crippen LogP contribution in [0, 0.1) is 12.7 Å². The summed E-state index contributed by atoms with van der Waals surface area (Å²) >= 11 is 0. The number of rotatable bonds is 2. The first-order valence-electron chi connectivity index (χ1n) is 5.07. The van der Waals surface area contributed by atoms with Crippen LogP contribution in [0.15, 0.2) is 30.6 Å². The number of halogens is 1. The van der Waals surface area contributed by atoms with E-state index in [1.165, 1.54) is 10.7 Å². The number of benzene rings is 1. The Morgan fingerprint density at radius 3 is 2.75 bits per heavy atom. The molecule has 1 aromatic heterocycles. The highest BCUT2D eigenvalue weighted by Crippen LogP contribution is 2.23. The largest absolute Gasteiger partial charge is 0.389 e. The van der Waals surface area contributed by atoms with Crippen LogP contribution in [0.5, 0.6) is 0 Å². The van der Waals surface area contributed by atoms with E-state index < -0.39 is 6.10 Å². The van der Waals surface area contributed by atoms with E-state index in [1.807, 2.05) is 6.92 Å². The van der Waals surface area contributed by atoms with Gasteiger partial charge in [-0.3, -0.25) is 0 Å². The zero-order valence-electron chi connectivity index (χ0n) is 9.18. The van der Waals surface area contributed by atoms with Crippen LogP contribution in [0.1, 0.15) is 24.2 Å². The number of hydrogen-bond acceptors (Lipinski definition) is 2. The monoisotopic (exact) mass is 220 g/mol. The van der Waals surface area contributed by atoms with Crippen molar-refractivity contribution in [1.82, 2.24) is 9.78 Å². The van der Waals surface area contributed by atoms with E-state index in [1.54, 1.807) is 31.5 Å². The molecule has 4 heteroatoms. The normalized spacial score (nSPS) is 12.8. The van der Waals surface area contributed by atoms with Crippen molar-refractivity contribution >= 4 is 0 Å². The predicted octanol–water partition coefficient (Wildman–Crippen LogP) is 2.37. The topological polar surface area (TPSA) is 38.0 Å². The average Bonchev–Trinajstić information content (AvgIpc) is 2.64. The van der Waals surface area contributed by atoms with Crippen LogP contribution in [0.2, 0.25) is 0 Å². The van der Waals surface area contributed by atoms with Gasteiger partial charge in [0.05, 0.1) is 12.3 Å². The van der Waals surface area contributed by atoms with Crippen LogP contribution in [0.25, 0.3) is 5.69 Å². The Hall–Kier alpha value is -1.68. The fourth-order valence-electron chi connectivity index (χ4n) is 1.65. The molecule has 1 unspecified atom stereocenters. The van der Waals surface area contributed by atoms with Crippen LogP contribution in [0.3, 0.4) is 0 Å². The van der Waals surface area contributed by atoms with Crippen molar-refractivity contribution in [3.05, 3.63) is 47.5 Å². The molecule has 0 aliphatic rings. The second-order valence-electron chi connectivity index (χ2n) is 3.82. The minimum atomic E-state index is -0.727. The smallest absolute Gasteiger partial charge is 0.149 e. The lowest BCUT2D eigenvalue weighted by Gasteiger charge is -2.12. The van der Waals surface area contributed by atoms with Crippen molar-refractivity contribution in [2.45, 2.75) is 20.0 Å². The lowest BCUT2D eigenvalue weighted by Crippen LogP contribution is -2.05. The summed E-state index contributed by atoms with van der Waals surface area (Å²) in [5.41, 5.74) is 1.79. The zero-order chi connectivity index (χ0) is 11.7. The van der Waals surface area contributed by atoms with Gasteiger partial charge in [-0.1, -0.05) is 12.1 Å². The molecule has 0 spiro atoms. The standard InChI is InChI=1S/C12H13FN2O/c1-8-6-14-15(7-8)12-10(9(2)16)4-3-5-11(12)13/h3-7,9,16H,1-2H3. The van der Waals surface area contributed by atoms with Crippen LogP contribution in [-0.4, -0.2) is 14.9 Å². The van der Waals surface area contributed by atoms with Crippen molar-refractivity contribution in [3.63, 3.8) is 0 Å². The van der Waals surface area contributed by atoms with Gasteiger partial charge in [-0.05, 0) is 25.5 Å². The number of nitrogens with zero attached hydrogens (tertiary/aromatic N) is 2. The van der Waals surface area contributed by atoms with Crippen molar-refractivity contribution in [2.75, 3.05) is 0 Å². The van der Waals surface area contributed by atoms with Gasteiger partial charge in [0.25, 0.3) is 0 Å². The highest BCUT2D eigenvalue weighted by Gasteiger charge is 2.14. The highest BCUT2D eigenvalue weighted by molar-refractivity contribution is 5.43. The van der Waals surface area contributed by atoms with Crippen LogP contribution in [0.4, 0.5) is 4.39 Å². The second-order valence-corrected chi connectivity index (χ2v) is 3.82. The number of aromatic nitrogens is 2. The fraction of sp³-hybridized carbons (Fsp3) is 0.250. The molecule has 2 rings (SSSR count). The molecule has 0 aliphatic heterocycles. The molecule has 0 saturated carbocycles. The van der Waals surface area contributed by atoms with Gasteiger partial charge in [-0.25, -0.2) is 9.07 Å². The second kappa shape index (κ2) is 4.06. The Morgan fingerprint density at radius 1 is 1.44 bits per heavy atom. The molecule has 1 atom stereocenters. The third-order valence-electron chi connectivity index (χ3n) is 2.41. The number of aryl methyl sites for hydroxylation is 1. The first-order chi connectivity index (χ1) is 7.59. The van der Waals surface area contributed by atoms with E-state index in [0.717, 1.165) is 5.56 Å². The lowest BCUT2D eigenvalue weighted by atomic mass is 10.1. The summed E-state index contributed by atoms with van der Waals surface area (Å²) in [6, 6.07) is 4.63. The van der Waals surface area contributed by atoms with E-state index >= 15 is 0 Å². The number of hydrogen-bond donors (Lipinski definition) is 1. The molecule has 3 nitrogen and oxygen atoms in total. The Morgan fingerprint density at radius 2 is 2.19 bits per heavy atom. The van der Waals surface area contributed by atoms with Gasteiger partial charge in [0, 0.05) is 11.8 Å². The summed E-state index contributed by atoms with van der Waals surface area (Å²) in [4.78, 5) is 0. The quantitative estimate of drug-likeness (QED) is 0.843. The molecule has 0 amide bonds. The maximum absolute atomic E-state index is 13.7. The molecule has 2 aromatic rings. The van der Waals surface area contributed by atoms with Gasteiger partial charge < -0.3 is 5.11 Å². The van der Waals surface area contributed by atoms with Crippen molar-refractivity contribution in [3.8, 4) is 5.69 Å². The summed E-state index contributed by atoms with van der Waals surface area (Å²) in [6.45, 7) is 3.49. The lowest BCUT2D eigenvalue weighted by molar-refractivity contribution is 0.198. The van der Waals surface area contributed by atoms with Crippen molar-refractivity contribution in [1.29, 1.82) is 0 Å². The van der Waals surface area contributed by atoms with E-state index in [-0.39, 0.29) is 5.82 Å². The molecular formula is C12H13FN2O. The third kappa shape index (κ3) is 1.84. The summed E-state index contributed by atoms with van der Waals surface area (Å²) in [5.74, 6) is -0.387. The Kier molecular flexibility index (Phi) is 2.75. The summed E-state index contributed by atoms with van der Waals surface area (Å²) in [5, 5.41) is 13.6. The van der Waals surface area contributed by atoms with Crippen molar-refractivity contribution in [2.24, 2.45) is 0 Å². The molecule has 0 bridgehead atoms. The van der Waals surface area contributed by atoms with E-state index in [4.69, 9.17) is 0 Å². The van der Waals surface area contributed by atoms with Gasteiger partial charge in [0.1, 0.15) is 11.5 Å². The zero-order valence-corrected chi connectivity index (χ0v) is 9.18. The van der Waals surface area contributed by atoms with Gasteiger partial charge >= 0.3 is 0 Å². The SMILES string of the molecule is Cc1cnn(-c2c(F)cccc2C(C)O)c1. The van der Waals surface area contributed by atoms with E-state index in [9.17, 15) is 9.50 Å². The molecule has 0 aliphatic carbocycles. The highest BCUT2D eigenvalue weighted by atomic mass is 19.1. The molecule has 0 saturated heterocycles. The van der Waals surface area contributed by atoms with Gasteiger partial charge in [-0.2, -0.15) is 5.10 Å². The number of para-hydroxylation sites is 1. The average molecular weight is 220 g/mol. The molecule has 16 heavy (non-hydrogen) atoms. The Labute approximate surface area is 93.2 Å². The predicted molar refractivity (Wildman–Crippen MR) is 58.9 cm³/mol. The third-order valence-corrected chi connectivity index (χ3v) is 2.41. The van der Waals surface area contributed by atoms with Gasteiger partial charge in [0.2, 0.25) is 0 Å². The molecule has 0 fully saturated rings. The number of aliphatic hydroxyl groups excluding tert-OH is 1. The van der Waals surface area contributed by atoms with E-state index in [2.05, 4.69) is 5.10 Å². The number of aliphatic hydroxyl groups is 1. The summed E-state index contributed by atoms with van der Waals surface area (Å²) < 4.78 is 15.2. The molecule has 84 valence electrons.